The molecule has 1 unspecified atom stereocenters. The second-order valence-electron chi connectivity index (χ2n) is 3.66. The van der Waals surface area contributed by atoms with Gasteiger partial charge in [0, 0.05) is 0 Å². The normalized spacial score (nSPS) is 26.2. The van der Waals surface area contributed by atoms with Crippen molar-refractivity contribution in [1.82, 2.24) is 0 Å². The van der Waals surface area contributed by atoms with E-state index in [-0.39, 0.29) is 0 Å². The van der Waals surface area contributed by atoms with Crippen molar-refractivity contribution in [2.45, 2.75) is 19.3 Å². The highest BCUT2D eigenvalue weighted by molar-refractivity contribution is 6.50. The Morgan fingerprint density at radius 2 is 2.15 bits per heavy atom. The molecule has 0 heterocycles. The van der Waals surface area contributed by atoms with Crippen LogP contribution < -0.4 is 0 Å². The third-order valence-electron chi connectivity index (χ3n) is 2.77. The molecule has 0 aliphatic heterocycles. The van der Waals surface area contributed by atoms with Crippen molar-refractivity contribution in [2.24, 2.45) is 5.92 Å². The summed E-state index contributed by atoms with van der Waals surface area (Å²) in [5.74, 6) is 0.506. The zero-order valence-corrected chi connectivity index (χ0v) is 7.48. The minimum absolute atomic E-state index is 0.506. The monoisotopic (exact) mass is 176 g/mol. The number of fused-ring (bicyclic) bond motifs is 1. The molecule has 0 saturated heterocycles. The van der Waals surface area contributed by atoms with Crippen LogP contribution in [0.4, 0.5) is 0 Å². The molecule has 2 nitrogen and oxygen atoms in total. The first kappa shape index (κ1) is 8.79. The first-order valence-corrected chi connectivity index (χ1v) is 4.70. The lowest BCUT2D eigenvalue weighted by Crippen LogP contribution is -2.21. The summed E-state index contributed by atoms with van der Waals surface area (Å²) in [5.41, 5.74) is 2.07. The molecule has 68 valence electrons. The van der Waals surface area contributed by atoms with Crippen LogP contribution in [0.15, 0.2) is 35.3 Å². The Labute approximate surface area is 78.4 Å². The van der Waals surface area contributed by atoms with E-state index in [4.69, 9.17) is 10.0 Å². The van der Waals surface area contributed by atoms with E-state index >= 15 is 0 Å². The zero-order valence-electron chi connectivity index (χ0n) is 7.48. The van der Waals surface area contributed by atoms with E-state index in [2.05, 4.69) is 12.2 Å². The minimum Gasteiger partial charge on any atom is -0.423 e. The van der Waals surface area contributed by atoms with Crippen molar-refractivity contribution in [3.63, 3.8) is 0 Å². The van der Waals surface area contributed by atoms with Gasteiger partial charge in [-0.05, 0) is 36.2 Å². The lowest BCUT2D eigenvalue weighted by atomic mass is 9.68. The summed E-state index contributed by atoms with van der Waals surface area (Å²) >= 11 is 0. The van der Waals surface area contributed by atoms with Gasteiger partial charge in [0.15, 0.2) is 0 Å². The van der Waals surface area contributed by atoms with E-state index in [1.54, 1.807) is 0 Å². The third-order valence-corrected chi connectivity index (χ3v) is 2.77. The largest absolute Gasteiger partial charge is 0.484 e. The molecule has 0 fully saturated rings. The van der Waals surface area contributed by atoms with Gasteiger partial charge in [-0.15, -0.1) is 0 Å². The quantitative estimate of drug-likeness (QED) is 0.589. The Kier molecular flexibility index (Phi) is 2.38. The topological polar surface area (TPSA) is 40.5 Å². The summed E-state index contributed by atoms with van der Waals surface area (Å²) in [6.07, 6.45) is 11.2. The fourth-order valence-electron chi connectivity index (χ4n) is 1.98. The van der Waals surface area contributed by atoms with Gasteiger partial charge in [-0.1, -0.05) is 24.3 Å². The SMILES string of the molecule is OB(O)C1=CC=C2C=CCCC2C1. The highest BCUT2D eigenvalue weighted by Crippen LogP contribution is 2.33. The van der Waals surface area contributed by atoms with Crippen LogP contribution >= 0.6 is 0 Å². The average molecular weight is 176 g/mol. The maximum atomic E-state index is 9.01. The maximum Gasteiger partial charge on any atom is 0.484 e. The lowest BCUT2D eigenvalue weighted by molar-refractivity contribution is 0.410. The van der Waals surface area contributed by atoms with Crippen LogP contribution in [0.1, 0.15) is 19.3 Å². The van der Waals surface area contributed by atoms with Crippen LogP contribution in [-0.4, -0.2) is 17.2 Å². The van der Waals surface area contributed by atoms with Gasteiger partial charge in [0.05, 0.1) is 0 Å². The van der Waals surface area contributed by atoms with E-state index in [0.29, 0.717) is 5.92 Å². The van der Waals surface area contributed by atoms with Gasteiger partial charge in [0.1, 0.15) is 0 Å². The lowest BCUT2D eigenvalue weighted by Gasteiger charge is -2.25. The summed E-state index contributed by atoms with van der Waals surface area (Å²) in [4.78, 5) is 0. The molecule has 3 heteroatoms. The summed E-state index contributed by atoms with van der Waals surface area (Å²) in [6.45, 7) is 0. The van der Waals surface area contributed by atoms with Crippen LogP contribution in [0.25, 0.3) is 0 Å². The fraction of sp³-hybridized carbons (Fsp3) is 0.400. The first-order valence-electron chi connectivity index (χ1n) is 4.70. The maximum absolute atomic E-state index is 9.01. The van der Waals surface area contributed by atoms with Gasteiger partial charge >= 0.3 is 7.12 Å². The summed E-state index contributed by atoms with van der Waals surface area (Å²) < 4.78 is 0. The number of hydrogen-bond acceptors (Lipinski definition) is 2. The van der Waals surface area contributed by atoms with Gasteiger partial charge in [-0.25, -0.2) is 0 Å². The van der Waals surface area contributed by atoms with Crippen molar-refractivity contribution in [1.29, 1.82) is 0 Å². The van der Waals surface area contributed by atoms with Gasteiger partial charge in [0.25, 0.3) is 0 Å². The fourth-order valence-corrected chi connectivity index (χ4v) is 1.98. The summed E-state index contributed by atoms with van der Waals surface area (Å²) in [7, 11) is -1.27. The van der Waals surface area contributed by atoms with E-state index in [0.717, 1.165) is 24.7 Å². The van der Waals surface area contributed by atoms with Gasteiger partial charge in [0.2, 0.25) is 0 Å². The predicted molar refractivity (Wildman–Crippen MR) is 52.8 cm³/mol. The molecule has 1 atom stereocenters. The van der Waals surface area contributed by atoms with Crippen molar-refractivity contribution in [2.75, 3.05) is 0 Å². The van der Waals surface area contributed by atoms with Crippen LogP contribution in [0.5, 0.6) is 0 Å². The molecule has 2 N–H and O–H groups in total. The molecule has 0 spiro atoms. The second kappa shape index (κ2) is 3.52. The van der Waals surface area contributed by atoms with Crippen molar-refractivity contribution < 1.29 is 10.0 Å². The molecule has 0 radical (unpaired) electrons. The van der Waals surface area contributed by atoms with Gasteiger partial charge < -0.3 is 10.0 Å². The first-order chi connectivity index (χ1) is 6.27. The van der Waals surface area contributed by atoms with Gasteiger partial charge in [-0.3, -0.25) is 0 Å². The molecule has 0 aromatic rings. The van der Waals surface area contributed by atoms with Crippen LogP contribution in [0, 0.1) is 5.92 Å². The molecular formula is C10H13BO2. The molecule has 2 aliphatic carbocycles. The zero-order chi connectivity index (χ0) is 9.26. The van der Waals surface area contributed by atoms with E-state index in [1.807, 2.05) is 12.2 Å². The molecule has 13 heavy (non-hydrogen) atoms. The van der Waals surface area contributed by atoms with E-state index in [1.165, 1.54) is 5.57 Å². The average Bonchev–Trinajstić information content (AvgIpc) is 2.17. The van der Waals surface area contributed by atoms with Crippen molar-refractivity contribution in [3.05, 3.63) is 35.3 Å². The Morgan fingerprint density at radius 1 is 1.31 bits per heavy atom. The summed E-state index contributed by atoms with van der Waals surface area (Å²) in [6, 6.07) is 0. The van der Waals surface area contributed by atoms with E-state index in [9.17, 15) is 0 Å². The molecule has 2 aliphatic rings. The van der Waals surface area contributed by atoms with Crippen LogP contribution in [0.2, 0.25) is 0 Å². The molecule has 0 saturated carbocycles. The standard InChI is InChI=1S/C10H13BO2/c12-11(13)10-6-5-8-3-1-2-4-9(8)7-10/h1,3,5-6,9,12-13H,2,4,7H2. The summed E-state index contributed by atoms with van der Waals surface area (Å²) in [5, 5.41) is 18.0. The molecule has 0 aromatic heterocycles. The second-order valence-corrected chi connectivity index (χ2v) is 3.66. The molecular weight excluding hydrogens is 163 g/mol. The van der Waals surface area contributed by atoms with Crippen molar-refractivity contribution >= 4 is 7.12 Å². The van der Waals surface area contributed by atoms with Crippen LogP contribution in [-0.2, 0) is 0 Å². The molecule has 0 bridgehead atoms. The van der Waals surface area contributed by atoms with Crippen LogP contribution in [0.3, 0.4) is 0 Å². The van der Waals surface area contributed by atoms with Crippen molar-refractivity contribution in [3.8, 4) is 0 Å². The highest BCUT2D eigenvalue weighted by atomic mass is 16.4. The number of rotatable bonds is 1. The Balaban J connectivity index is 2.20. The number of hydrogen-bond donors (Lipinski definition) is 2. The highest BCUT2D eigenvalue weighted by Gasteiger charge is 2.24. The molecule has 0 amide bonds. The molecule has 0 aromatic carbocycles. The Morgan fingerprint density at radius 3 is 2.92 bits per heavy atom. The Hall–Kier alpha value is -0.795. The van der Waals surface area contributed by atoms with Gasteiger partial charge in [-0.2, -0.15) is 0 Å². The molecule has 2 rings (SSSR count). The predicted octanol–water partition coefficient (Wildman–Crippen LogP) is 1.22. The smallest absolute Gasteiger partial charge is 0.423 e. The number of allylic oxidation sites excluding steroid dienone is 6. The third kappa shape index (κ3) is 1.76. The van der Waals surface area contributed by atoms with E-state index < -0.39 is 7.12 Å². The minimum atomic E-state index is -1.27. The Bertz CT molecular complexity index is 289.